The van der Waals surface area contributed by atoms with E-state index >= 15 is 0 Å². The van der Waals surface area contributed by atoms with Gasteiger partial charge in [0.15, 0.2) is 0 Å². The molecule has 2 atom stereocenters. The van der Waals surface area contributed by atoms with E-state index in [0.717, 1.165) is 24.6 Å². The summed E-state index contributed by atoms with van der Waals surface area (Å²) in [5.74, 6) is 0.0553. The summed E-state index contributed by atoms with van der Waals surface area (Å²) in [6.07, 6.45) is 3.61. The number of benzene rings is 1. The zero-order valence-electron chi connectivity index (χ0n) is 11.2. The van der Waals surface area contributed by atoms with E-state index in [1.165, 1.54) is 26.0 Å². The van der Waals surface area contributed by atoms with Crippen molar-refractivity contribution in [1.29, 1.82) is 0 Å². The summed E-state index contributed by atoms with van der Waals surface area (Å²) in [5, 5.41) is 11.0. The fraction of sp³-hybridized carbons (Fsp3) is 0.500. The molecule has 2 aliphatic rings. The summed E-state index contributed by atoms with van der Waals surface area (Å²) in [6, 6.07) is 5.22. The maximum absolute atomic E-state index is 11.7. The number of anilines is 1. The monoisotopic (exact) mass is 276 g/mol. The highest BCUT2D eigenvalue weighted by Crippen LogP contribution is 2.41. The molecule has 1 aromatic carbocycles. The molecule has 6 nitrogen and oxygen atoms in total. The summed E-state index contributed by atoms with van der Waals surface area (Å²) in [6.45, 7) is 0.975. The Balaban J connectivity index is 1.97. The minimum absolute atomic E-state index is 0.0257. The maximum Gasteiger partial charge on any atom is 0.344 e. The van der Waals surface area contributed by atoms with Gasteiger partial charge in [-0.15, -0.1) is 0 Å². The number of methoxy groups -OCH3 is 1. The molecular formula is C14H16N2O4. The van der Waals surface area contributed by atoms with Crippen molar-refractivity contribution in [3.8, 4) is 0 Å². The van der Waals surface area contributed by atoms with Gasteiger partial charge in [0.05, 0.1) is 12.0 Å². The number of nitrogens with zero attached hydrogens (tertiary/aromatic N) is 2. The number of rotatable bonds is 3. The molecule has 20 heavy (non-hydrogen) atoms. The number of carbonyl (C=O) groups is 1. The number of esters is 1. The normalized spacial score (nSPS) is 23.9. The van der Waals surface area contributed by atoms with E-state index in [2.05, 4.69) is 9.64 Å². The largest absolute Gasteiger partial charge is 0.465 e. The third-order valence-corrected chi connectivity index (χ3v) is 4.32. The van der Waals surface area contributed by atoms with Gasteiger partial charge in [0, 0.05) is 24.3 Å². The molecule has 1 heterocycles. The number of hydrogen-bond acceptors (Lipinski definition) is 5. The molecule has 0 aromatic heterocycles. The van der Waals surface area contributed by atoms with E-state index < -0.39 is 10.9 Å². The first kappa shape index (κ1) is 12.9. The average molecular weight is 276 g/mol. The smallest absolute Gasteiger partial charge is 0.344 e. The lowest BCUT2D eigenvalue weighted by Crippen LogP contribution is -2.31. The zero-order chi connectivity index (χ0) is 14.3. The van der Waals surface area contributed by atoms with Crippen molar-refractivity contribution in [3.05, 3.63) is 33.9 Å². The highest BCUT2D eigenvalue weighted by Gasteiger charge is 2.38. The molecule has 0 N–H and O–H groups in total. The van der Waals surface area contributed by atoms with Crippen molar-refractivity contribution in [2.24, 2.45) is 5.92 Å². The van der Waals surface area contributed by atoms with Gasteiger partial charge in [0.25, 0.3) is 5.69 Å². The SMILES string of the molecule is COC(=O)c1cc(N2CC3CCC2C3)ccc1[N+](=O)[O-]. The van der Waals surface area contributed by atoms with Crippen molar-refractivity contribution in [1.82, 2.24) is 0 Å². The van der Waals surface area contributed by atoms with Crippen molar-refractivity contribution in [2.45, 2.75) is 25.3 Å². The van der Waals surface area contributed by atoms with Crippen LogP contribution in [0.15, 0.2) is 18.2 Å². The highest BCUT2D eigenvalue weighted by molar-refractivity contribution is 5.95. The molecule has 1 saturated carbocycles. The topological polar surface area (TPSA) is 72.7 Å². The molecular weight excluding hydrogens is 260 g/mol. The quantitative estimate of drug-likeness (QED) is 0.481. The number of nitro benzene ring substituents is 1. The summed E-state index contributed by atoms with van der Waals surface area (Å²) >= 11 is 0. The van der Waals surface area contributed by atoms with Crippen LogP contribution in [0.25, 0.3) is 0 Å². The number of piperidine rings is 1. The molecule has 2 fully saturated rings. The number of ether oxygens (including phenoxy) is 1. The van der Waals surface area contributed by atoms with E-state index in [0.29, 0.717) is 6.04 Å². The van der Waals surface area contributed by atoms with E-state index in [1.54, 1.807) is 12.1 Å². The van der Waals surface area contributed by atoms with Crippen molar-refractivity contribution < 1.29 is 14.5 Å². The number of carbonyl (C=O) groups excluding carboxylic acids is 1. The Kier molecular flexibility index (Phi) is 3.08. The van der Waals surface area contributed by atoms with Crippen molar-refractivity contribution in [3.63, 3.8) is 0 Å². The van der Waals surface area contributed by atoms with Crippen LogP contribution in [0.2, 0.25) is 0 Å². The van der Waals surface area contributed by atoms with E-state index in [1.807, 2.05) is 0 Å². The molecule has 0 spiro atoms. The minimum atomic E-state index is -0.664. The molecule has 1 aromatic rings. The van der Waals surface area contributed by atoms with Gasteiger partial charge in [-0.2, -0.15) is 0 Å². The predicted molar refractivity (Wildman–Crippen MR) is 72.9 cm³/mol. The number of hydrogen-bond donors (Lipinski definition) is 0. The molecule has 2 unspecified atom stereocenters. The molecule has 1 aliphatic heterocycles. The third kappa shape index (κ3) is 2.01. The standard InChI is InChI=1S/C14H16N2O4/c1-20-14(17)12-7-11(4-5-13(12)16(18)19)15-8-9-2-3-10(15)6-9/h4-5,7,9-10H,2-3,6,8H2,1H3. The molecule has 0 radical (unpaired) electrons. The van der Waals surface area contributed by atoms with Crippen LogP contribution in [0.4, 0.5) is 11.4 Å². The molecule has 3 rings (SSSR count). The Morgan fingerprint density at radius 1 is 1.45 bits per heavy atom. The van der Waals surface area contributed by atoms with Gasteiger partial charge in [-0.3, -0.25) is 10.1 Å². The van der Waals surface area contributed by atoms with Gasteiger partial charge in [-0.25, -0.2) is 4.79 Å². The van der Waals surface area contributed by atoms with E-state index in [4.69, 9.17) is 0 Å². The Morgan fingerprint density at radius 2 is 2.25 bits per heavy atom. The number of nitro groups is 1. The van der Waals surface area contributed by atoms with Crippen LogP contribution in [-0.2, 0) is 4.74 Å². The van der Waals surface area contributed by atoms with Crippen LogP contribution in [0, 0.1) is 16.0 Å². The molecule has 106 valence electrons. The second kappa shape index (κ2) is 4.77. The van der Waals surface area contributed by atoms with Crippen LogP contribution in [-0.4, -0.2) is 30.6 Å². The van der Waals surface area contributed by atoms with Gasteiger partial charge in [0.2, 0.25) is 0 Å². The van der Waals surface area contributed by atoms with Gasteiger partial charge >= 0.3 is 5.97 Å². The van der Waals surface area contributed by atoms with Crippen LogP contribution < -0.4 is 4.90 Å². The lowest BCUT2D eigenvalue weighted by Gasteiger charge is -2.29. The Labute approximate surface area is 116 Å². The first-order valence-electron chi connectivity index (χ1n) is 6.73. The lowest BCUT2D eigenvalue weighted by molar-refractivity contribution is -0.385. The van der Waals surface area contributed by atoms with Crippen LogP contribution in [0.3, 0.4) is 0 Å². The molecule has 6 heteroatoms. The zero-order valence-corrected chi connectivity index (χ0v) is 11.2. The molecule has 1 aliphatic carbocycles. The average Bonchev–Trinajstić information content (AvgIpc) is 3.08. The summed E-state index contributed by atoms with van der Waals surface area (Å²) in [5.41, 5.74) is 0.700. The fourth-order valence-electron chi connectivity index (χ4n) is 3.38. The van der Waals surface area contributed by atoms with E-state index in [9.17, 15) is 14.9 Å². The second-order valence-electron chi connectivity index (χ2n) is 5.44. The fourth-order valence-corrected chi connectivity index (χ4v) is 3.38. The van der Waals surface area contributed by atoms with Gasteiger partial charge < -0.3 is 9.64 Å². The Hall–Kier alpha value is -2.11. The maximum atomic E-state index is 11.7. The van der Waals surface area contributed by atoms with Crippen molar-refractivity contribution in [2.75, 3.05) is 18.6 Å². The van der Waals surface area contributed by atoms with Crippen molar-refractivity contribution >= 4 is 17.3 Å². The highest BCUT2D eigenvalue weighted by atomic mass is 16.6. The predicted octanol–water partition coefficient (Wildman–Crippen LogP) is 2.37. The Morgan fingerprint density at radius 3 is 2.80 bits per heavy atom. The Bertz CT molecular complexity index is 572. The first-order valence-corrected chi connectivity index (χ1v) is 6.73. The molecule has 1 saturated heterocycles. The van der Waals surface area contributed by atoms with Gasteiger partial charge in [-0.05, 0) is 37.3 Å². The molecule has 0 amide bonds. The second-order valence-corrected chi connectivity index (χ2v) is 5.44. The summed E-state index contributed by atoms with van der Waals surface area (Å²) in [7, 11) is 1.23. The minimum Gasteiger partial charge on any atom is -0.465 e. The molecule has 2 bridgehead atoms. The van der Waals surface area contributed by atoms with Gasteiger partial charge in [0.1, 0.15) is 5.56 Å². The van der Waals surface area contributed by atoms with Crippen LogP contribution >= 0.6 is 0 Å². The van der Waals surface area contributed by atoms with Gasteiger partial charge in [-0.1, -0.05) is 0 Å². The lowest BCUT2D eigenvalue weighted by atomic mass is 10.1. The number of fused-ring (bicyclic) bond motifs is 2. The first-order chi connectivity index (χ1) is 9.60. The van der Waals surface area contributed by atoms with Crippen LogP contribution in [0.1, 0.15) is 29.6 Å². The summed E-state index contributed by atoms with van der Waals surface area (Å²) < 4.78 is 4.64. The van der Waals surface area contributed by atoms with Crippen LogP contribution in [0.5, 0.6) is 0 Å². The van der Waals surface area contributed by atoms with E-state index in [-0.39, 0.29) is 11.3 Å². The third-order valence-electron chi connectivity index (χ3n) is 4.32. The summed E-state index contributed by atoms with van der Waals surface area (Å²) in [4.78, 5) is 24.4.